The maximum Gasteiger partial charge on any atom is 0.274 e. The van der Waals surface area contributed by atoms with Crippen LogP contribution in [0.4, 0.5) is 0 Å². The summed E-state index contributed by atoms with van der Waals surface area (Å²) in [6.07, 6.45) is 5.16. The van der Waals surface area contributed by atoms with Gasteiger partial charge in [0.25, 0.3) is 5.91 Å². The average molecular weight is 584 g/mol. The lowest BCUT2D eigenvalue weighted by Gasteiger charge is -2.31. The summed E-state index contributed by atoms with van der Waals surface area (Å²) < 4.78 is 2.45. The van der Waals surface area contributed by atoms with E-state index in [1.54, 1.807) is 34.8 Å². The molecule has 2 N–H and O–H groups in total. The molecule has 35 heavy (non-hydrogen) atoms. The van der Waals surface area contributed by atoms with Crippen LogP contribution in [0.15, 0.2) is 46.9 Å². The third-order valence-corrected chi connectivity index (χ3v) is 7.28. The molecule has 8 nitrogen and oxygen atoms in total. The lowest BCUT2D eigenvalue weighted by atomic mass is 9.94. The van der Waals surface area contributed by atoms with Gasteiger partial charge in [0.15, 0.2) is 5.69 Å². The summed E-state index contributed by atoms with van der Waals surface area (Å²) in [7, 11) is 1.78. The Bertz CT molecular complexity index is 1200. The first-order valence-electron chi connectivity index (χ1n) is 11.2. The van der Waals surface area contributed by atoms with Crippen LogP contribution in [-0.2, 0) is 11.4 Å². The second-order valence-electron chi connectivity index (χ2n) is 8.42. The van der Waals surface area contributed by atoms with Gasteiger partial charge < -0.3 is 4.90 Å². The third-order valence-electron chi connectivity index (χ3n) is 6.21. The van der Waals surface area contributed by atoms with E-state index in [-0.39, 0.29) is 29.6 Å². The van der Waals surface area contributed by atoms with E-state index in [2.05, 4.69) is 21.0 Å². The van der Waals surface area contributed by atoms with Gasteiger partial charge in [0.05, 0.1) is 21.8 Å². The number of hydrogen-bond acceptors (Lipinski definition) is 6. The second-order valence-corrected chi connectivity index (χ2v) is 10.2. The molecule has 0 saturated heterocycles. The number of carbonyl (C=O) groups excluding carboxylic acids is 1. The summed E-state index contributed by atoms with van der Waals surface area (Å²) in [5.74, 6) is -0.278. The van der Waals surface area contributed by atoms with Gasteiger partial charge in [-0.2, -0.15) is 5.10 Å². The molecule has 0 radical (unpaired) electrons. The normalized spacial score (nSPS) is 14.5. The molecule has 2 aromatic carbocycles. The highest BCUT2D eigenvalue weighted by Gasteiger charge is 2.31. The number of halogens is 3. The minimum atomic E-state index is -0.378. The van der Waals surface area contributed by atoms with Gasteiger partial charge in [-0.15, -0.1) is 0 Å². The lowest BCUT2D eigenvalue weighted by Crippen LogP contribution is -2.39. The van der Waals surface area contributed by atoms with Crippen molar-refractivity contribution in [2.24, 2.45) is 0 Å². The van der Waals surface area contributed by atoms with Crippen molar-refractivity contribution < 1.29 is 20.0 Å². The molecule has 0 aliphatic heterocycles. The van der Waals surface area contributed by atoms with E-state index in [0.717, 1.165) is 42.1 Å². The molecule has 0 atom stereocenters. The van der Waals surface area contributed by atoms with Crippen LogP contribution in [0.2, 0.25) is 10.0 Å². The third kappa shape index (κ3) is 5.89. The minimum absolute atomic E-state index is 0.109. The smallest absolute Gasteiger partial charge is 0.274 e. The number of carbonyl (C=O) groups is 1. The zero-order valence-electron chi connectivity index (χ0n) is 19.0. The predicted molar refractivity (Wildman–Crippen MR) is 136 cm³/mol. The SMILES string of the molecule is CN(C(=O)c1nn(-c2ccc(Cl)cc2Cl)c(-c2ccc(Br)cc2)c1CON(O)O)C1CCCCC1. The highest BCUT2D eigenvalue weighted by Crippen LogP contribution is 2.35. The highest BCUT2D eigenvalue weighted by atomic mass is 79.9. The van der Waals surface area contributed by atoms with Gasteiger partial charge in [-0.3, -0.25) is 15.2 Å². The fourth-order valence-corrected chi connectivity index (χ4v) is 5.17. The molecule has 1 fully saturated rings. The molecule has 186 valence electrons. The molecule has 0 spiro atoms. The van der Waals surface area contributed by atoms with E-state index in [1.165, 1.54) is 0 Å². The summed E-state index contributed by atoms with van der Waals surface area (Å²) in [5.41, 5.74) is 2.30. The molecule has 3 aromatic rings. The van der Waals surface area contributed by atoms with Crippen molar-refractivity contribution in [1.29, 1.82) is 0 Å². The van der Waals surface area contributed by atoms with Crippen LogP contribution in [-0.4, -0.2) is 49.5 Å². The highest BCUT2D eigenvalue weighted by molar-refractivity contribution is 9.10. The molecular formula is C24H25BrCl2N4O4. The van der Waals surface area contributed by atoms with Gasteiger partial charge in [-0.1, -0.05) is 70.5 Å². The standard InChI is InChI=1S/C24H25BrCl2N4O4/c1-29(18-5-3-2-4-6-18)24(32)22-19(14-35-31(33)34)23(15-7-9-16(25)10-8-15)30(28-22)21-12-11-17(26)13-20(21)27/h7-13,18,33-34H,2-6,14H2,1H3. The van der Waals surface area contributed by atoms with E-state index in [4.69, 9.17) is 28.0 Å². The summed E-state index contributed by atoms with van der Waals surface area (Å²) in [6.45, 7) is -0.316. The molecular weight excluding hydrogens is 559 g/mol. The number of aromatic nitrogens is 2. The summed E-state index contributed by atoms with van der Waals surface area (Å²) in [4.78, 5) is 20.4. The van der Waals surface area contributed by atoms with Crippen molar-refractivity contribution >= 4 is 45.0 Å². The Kier molecular flexibility index (Phi) is 8.49. The van der Waals surface area contributed by atoms with E-state index in [1.807, 2.05) is 24.3 Å². The molecule has 1 aliphatic carbocycles. The summed E-state index contributed by atoms with van der Waals surface area (Å²) in [5, 5.41) is 23.6. The molecule has 1 saturated carbocycles. The van der Waals surface area contributed by atoms with E-state index >= 15 is 0 Å². The molecule has 1 aliphatic rings. The number of nitrogens with zero attached hydrogens (tertiary/aromatic N) is 4. The maximum absolute atomic E-state index is 13.7. The molecule has 11 heteroatoms. The van der Waals surface area contributed by atoms with Crippen LogP contribution in [0.25, 0.3) is 16.9 Å². The minimum Gasteiger partial charge on any atom is -0.337 e. The van der Waals surface area contributed by atoms with Gasteiger partial charge in [0, 0.05) is 33.7 Å². The topological polar surface area (TPSA) is 91.1 Å². The van der Waals surface area contributed by atoms with Gasteiger partial charge in [-0.05, 0) is 43.2 Å². The quantitative estimate of drug-likeness (QED) is 0.307. The van der Waals surface area contributed by atoms with E-state index in [0.29, 0.717) is 27.0 Å². The Balaban J connectivity index is 1.90. The molecule has 1 heterocycles. The van der Waals surface area contributed by atoms with Crippen LogP contribution in [0.5, 0.6) is 0 Å². The molecule has 1 aromatic heterocycles. The first-order valence-corrected chi connectivity index (χ1v) is 12.7. The van der Waals surface area contributed by atoms with Crippen molar-refractivity contribution in [2.75, 3.05) is 7.05 Å². The molecule has 0 bridgehead atoms. The van der Waals surface area contributed by atoms with Gasteiger partial charge in [0.1, 0.15) is 6.61 Å². The summed E-state index contributed by atoms with van der Waals surface area (Å²) in [6, 6.07) is 12.6. The predicted octanol–water partition coefficient (Wildman–Crippen LogP) is 6.53. The van der Waals surface area contributed by atoms with Crippen LogP contribution in [0, 0.1) is 0 Å². The average Bonchev–Trinajstić information content (AvgIpc) is 3.22. The van der Waals surface area contributed by atoms with Crippen LogP contribution in [0.3, 0.4) is 0 Å². The van der Waals surface area contributed by atoms with Crippen molar-refractivity contribution in [3.63, 3.8) is 0 Å². The van der Waals surface area contributed by atoms with Gasteiger partial charge >= 0.3 is 0 Å². The fourth-order valence-electron chi connectivity index (χ4n) is 4.41. The Labute approximate surface area is 221 Å². The van der Waals surface area contributed by atoms with Crippen molar-refractivity contribution in [3.05, 3.63) is 68.2 Å². The molecule has 4 rings (SSSR count). The Morgan fingerprint density at radius 3 is 2.46 bits per heavy atom. The Morgan fingerprint density at radius 1 is 1.14 bits per heavy atom. The fraction of sp³-hybridized carbons (Fsp3) is 0.333. The number of benzene rings is 2. The lowest BCUT2D eigenvalue weighted by molar-refractivity contribution is -0.497. The Hall–Kier alpha value is -1.98. The van der Waals surface area contributed by atoms with E-state index in [9.17, 15) is 15.2 Å². The van der Waals surface area contributed by atoms with Crippen LogP contribution >= 0.6 is 39.1 Å². The molecule has 1 amide bonds. The van der Waals surface area contributed by atoms with Crippen molar-refractivity contribution in [1.82, 2.24) is 20.1 Å². The van der Waals surface area contributed by atoms with Crippen LogP contribution in [0.1, 0.15) is 48.2 Å². The summed E-state index contributed by atoms with van der Waals surface area (Å²) >= 11 is 16.1. The van der Waals surface area contributed by atoms with Crippen molar-refractivity contribution in [2.45, 2.75) is 44.8 Å². The molecule has 0 unspecified atom stereocenters. The first kappa shape index (κ1) is 26.1. The second kappa shape index (κ2) is 11.4. The van der Waals surface area contributed by atoms with Crippen molar-refractivity contribution in [3.8, 4) is 16.9 Å². The zero-order chi connectivity index (χ0) is 25.1. The number of amides is 1. The van der Waals surface area contributed by atoms with Crippen LogP contribution < -0.4 is 0 Å². The van der Waals surface area contributed by atoms with E-state index < -0.39 is 0 Å². The maximum atomic E-state index is 13.7. The van der Waals surface area contributed by atoms with Gasteiger partial charge in [0.2, 0.25) is 0 Å². The number of rotatable bonds is 7. The number of hydrogen-bond donors (Lipinski definition) is 2. The largest absolute Gasteiger partial charge is 0.337 e. The monoisotopic (exact) mass is 582 g/mol. The Morgan fingerprint density at radius 2 is 1.83 bits per heavy atom. The first-order chi connectivity index (χ1) is 16.8. The van der Waals surface area contributed by atoms with Gasteiger partial charge in [-0.25, -0.2) is 9.52 Å². The zero-order valence-corrected chi connectivity index (χ0v) is 22.1.